The number of nitrogens with one attached hydrogen (secondary N) is 2. The number of imidazole rings is 1. The Balaban J connectivity index is 1.70. The fourth-order valence-corrected chi connectivity index (χ4v) is 3.11. The van der Waals surface area contributed by atoms with Crippen LogP contribution in [0.1, 0.15) is 29.7 Å². The van der Waals surface area contributed by atoms with Crippen LogP contribution in [0, 0.1) is 6.92 Å². The molecule has 4 heterocycles. The molecule has 0 radical (unpaired) electrons. The van der Waals surface area contributed by atoms with Gasteiger partial charge in [0, 0.05) is 18.8 Å². The minimum absolute atomic E-state index is 0.191. The third-order valence-electron chi connectivity index (χ3n) is 4.42. The highest BCUT2D eigenvalue weighted by molar-refractivity contribution is 5.92. The molecule has 4 aromatic heterocycles. The maximum absolute atomic E-state index is 12.1. The molecule has 0 spiro atoms. The Bertz CT molecular complexity index is 1180. The fraction of sp³-hybridized carbons (Fsp3) is 0.190. The third kappa shape index (κ3) is 3.90. The average molecular weight is 402 g/mol. The summed E-state index contributed by atoms with van der Waals surface area (Å²) in [7, 11) is 0. The number of hydrogen-bond donors (Lipinski definition) is 3. The van der Waals surface area contributed by atoms with Gasteiger partial charge in [0.2, 0.25) is 0 Å². The zero-order valence-corrected chi connectivity index (χ0v) is 16.8. The topological polar surface area (TPSA) is 123 Å². The highest BCUT2D eigenvalue weighted by atomic mass is 16.1. The molecule has 0 bridgehead atoms. The summed E-state index contributed by atoms with van der Waals surface area (Å²) in [6.45, 7) is 4.41. The molecule has 0 unspecified atom stereocenters. The molecule has 0 saturated heterocycles. The lowest BCUT2D eigenvalue weighted by Gasteiger charge is -2.09. The van der Waals surface area contributed by atoms with Crippen molar-refractivity contribution in [1.29, 1.82) is 0 Å². The van der Waals surface area contributed by atoms with E-state index in [9.17, 15) is 4.79 Å². The van der Waals surface area contributed by atoms with Crippen LogP contribution >= 0.6 is 0 Å². The molecule has 0 fully saturated rings. The van der Waals surface area contributed by atoms with Gasteiger partial charge in [0.1, 0.15) is 28.7 Å². The van der Waals surface area contributed by atoms with Crippen molar-refractivity contribution in [2.24, 2.45) is 0 Å². The summed E-state index contributed by atoms with van der Waals surface area (Å²) in [5, 5.41) is 6.09. The van der Waals surface area contributed by atoms with E-state index >= 15 is 0 Å². The predicted molar refractivity (Wildman–Crippen MR) is 116 cm³/mol. The number of rotatable bonds is 6. The molecule has 152 valence electrons. The van der Waals surface area contributed by atoms with Gasteiger partial charge in [-0.05, 0) is 37.6 Å². The molecule has 0 aliphatic heterocycles. The number of aromatic nitrogens is 5. The lowest BCUT2D eigenvalue weighted by molar-refractivity contribution is 0.0948. The Labute approximate surface area is 173 Å². The smallest absolute Gasteiger partial charge is 0.269 e. The van der Waals surface area contributed by atoms with E-state index in [0.29, 0.717) is 41.1 Å². The van der Waals surface area contributed by atoms with E-state index in [1.54, 1.807) is 31.3 Å². The van der Waals surface area contributed by atoms with Crippen LogP contribution in [0.3, 0.4) is 0 Å². The lowest BCUT2D eigenvalue weighted by Crippen LogP contribution is -2.24. The quantitative estimate of drug-likeness (QED) is 0.453. The van der Waals surface area contributed by atoms with Crippen molar-refractivity contribution >= 4 is 28.9 Å². The summed E-state index contributed by atoms with van der Waals surface area (Å²) < 4.78 is 1.93. The molecule has 9 heteroatoms. The highest BCUT2D eigenvalue weighted by Crippen LogP contribution is 2.30. The van der Waals surface area contributed by atoms with Gasteiger partial charge in [-0.15, -0.1) is 0 Å². The van der Waals surface area contributed by atoms with Crippen molar-refractivity contribution in [3.8, 4) is 11.4 Å². The number of nitrogen functional groups attached to an aromatic ring is 1. The molecule has 4 aromatic rings. The van der Waals surface area contributed by atoms with E-state index in [2.05, 4.69) is 30.6 Å². The van der Waals surface area contributed by atoms with E-state index in [4.69, 9.17) is 5.73 Å². The minimum Gasteiger partial charge on any atom is -0.384 e. The number of aryl methyl sites for hydroxylation is 1. The summed E-state index contributed by atoms with van der Waals surface area (Å²) in [4.78, 5) is 29.7. The first kappa shape index (κ1) is 19.3. The second-order valence-corrected chi connectivity index (χ2v) is 6.78. The van der Waals surface area contributed by atoms with Crippen LogP contribution in [0.2, 0.25) is 0 Å². The summed E-state index contributed by atoms with van der Waals surface area (Å²) >= 11 is 0. The number of hydrogen-bond acceptors (Lipinski definition) is 7. The molecule has 4 rings (SSSR count). The maximum atomic E-state index is 12.1. The number of carbonyl (C=O) groups excluding carboxylic acids is 1. The average Bonchev–Trinajstić information content (AvgIpc) is 3.09. The molecule has 9 nitrogen and oxygen atoms in total. The summed E-state index contributed by atoms with van der Waals surface area (Å²) in [5.41, 5.74) is 9.18. The van der Waals surface area contributed by atoms with Gasteiger partial charge in [0.05, 0.1) is 17.6 Å². The molecule has 0 saturated carbocycles. The van der Waals surface area contributed by atoms with Crippen LogP contribution in [-0.2, 0) is 0 Å². The van der Waals surface area contributed by atoms with Gasteiger partial charge in [-0.25, -0.2) is 19.9 Å². The molecule has 0 aromatic carbocycles. The van der Waals surface area contributed by atoms with Gasteiger partial charge in [0.15, 0.2) is 5.82 Å². The first-order valence-corrected chi connectivity index (χ1v) is 9.65. The normalized spacial score (nSPS) is 10.9. The van der Waals surface area contributed by atoms with E-state index in [1.165, 1.54) is 0 Å². The van der Waals surface area contributed by atoms with Crippen LogP contribution in [-0.4, -0.2) is 36.8 Å². The number of carbonyl (C=O) groups is 1. The zero-order chi connectivity index (χ0) is 21.1. The molecular weight excluding hydrogens is 380 g/mol. The van der Waals surface area contributed by atoms with Crippen LogP contribution < -0.4 is 16.4 Å². The van der Waals surface area contributed by atoms with E-state index in [0.717, 1.165) is 17.8 Å². The molecule has 30 heavy (non-hydrogen) atoms. The second-order valence-electron chi connectivity index (χ2n) is 6.78. The summed E-state index contributed by atoms with van der Waals surface area (Å²) in [6, 6.07) is 10.9. The first-order valence-electron chi connectivity index (χ1n) is 9.65. The van der Waals surface area contributed by atoms with Crippen molar-refractivity contribution < 1.29 is 4.79 Å². The molecule has 0 atom stereocenters. The number of nitrogens with two attached hydrogens (primary N) is 1. The van der Waals surface area contributed by atoms with Gasteiger partial charge >= 0.3 is 0 Å². The van der Waals surface area contributed by atoms with Gasteiger partial charge in [-0.3, -0.25) is 9.20 Å². The Morgan fingerprint density at radius 2 is 2.03 bits per heavy atom. The first-order chi connectivity index (χ1) is 14.5. The number of pyridine rings is 2. The van der Waals surface area contributed by atoms with Crippen LogP contribution in [0.15, 0.2) is 48.8 Å². The number of fused-ring (bicyclic) bond motifs is 1. The number of amides is 1. The zero-order valence-electron chi connectivity index (χ0n) is 16.8. The molecule has 1 amide bonds. The van der Waals surface area contributed by atoms with E-state index in [1.807, 2.05) is 35.7 Å². The standard InChI is InChI=1S/C21H22N8O/c1-3-9-23-21(30)15-8-7-14(12-24-15)27-20-19(16-11-17(22)26-13(2)25-16)29-10-5-4-6-18(29)28-20/h4-8,10-12,27H,3,9H2,1-2H3,(H,23,30)(H2,22,25,26). The van der Waals surface area contributed by atoms with Crippen LogP contribution in [0.5, 0.6) is 0 Å². The predicted octanol–water partition coefficient (Wildman–Crippen LogP) is 2.96. The van der Waals surface area contributed by atoms with E-state index in [-0.39, 0.29) is 5.91 Å². The summed E-state index contributed by atoms with van der Waals surface area (Å²) in [5.74, 6) is 1.37. The number of nitrogens with zero attached hydrogens (tertiary/aromatic N) is 5. The largest absolute Gasteiger partial charge is 0.384 e. The van der Waals surface area contributed by atoms with E-state index < -0.39 is 0 Å². The van der Waals surface area contributed by atoms with Crippen molar-refractivity contribution in [2.75, 3.05) is 17.6 Å². The van der Waals surface area contributed by atoms with Crippen LogP contribution in [0.25, 0.3) is 17.0 Å². The monoisotopic (exact) mass is 402 g/mol. The van der Waals surface area contributed by atoms with Crippen molar-refractivity contribution in [3.63, 3.8) is 0 Å². The van der Waals surface area contributed by atoms with Gasteiger partial charge in [-0.2, -0.15) is 0 Å². The van der Waals surface area contributed by atoms with Gasteiger partial charge < -0.3 is 16.4 Å². The Hall–Kier alpha value is -4.01. The maximum Gasteiger partial charge on any atom is 0.269 e. The fourth-order valence-electron chi connectivity index (χ4n) is 3.11. The molecule has 4 N–H and O–H groups in total. The van der Waals surface area contributed by atoms with Crippen molar-refractivity contribution in [1.82, 2.24) is 29.7 Å². The van der Waals surface area contributed by atoms with Crippen molar-refractivity contribution in [3.05, 3.63) is 60.3 Å². The molecule has 0 aliphatic carbocycles. The SMILES string of the molecule is CCCNC(=O)c1ccc(Nc2nc3ccccn3c2-c2cc(N)nc(C)n2)cn1. The van der Waals surface area contributed by atoms with Gasteiger partial charge in [-0.1, -0.05) is 13.0 Å². The van der Waals surface area contributed by atoms with Crippen molar-refractivity contribution in [2.45, 2.75) is 20.3 Å². The van der Waals surface area contributed by atoms with Gasteiger partial charge in [0.25, 0.3) is 5.91 Å². The lowest BCUT2D eigenvalue weighted by atomic mass is 10.2. The summed E-state index contributed by atoms with van der Waals surface area (Å²) in [6.07, 6.45) is 4.39. The molecule has 0 aliphatic rings. The highest BCUT2D eigenvalue weighted by Gasteiger charge is 2.17. The Morgan fingerprint density at radius 1 is 1.17 bits per heavy atom. The van der Waals surface area contributed by atoms with Crippen LogP contribution in [0.4, 0.5) is 17.3 Å². The Morgan fingerprint density at radius 3 is 2.77 bits per heavy atom. The second kappa shape index (κ2) is 8.16. The number of anilines is 3. The Kier molecular flexibility index (Phi) is 5.25. The molecular formula is C21H22N8O. The third-order valence-corrected chi connectivity index (χ3v) is 4.42. The minimum atomic E-state index is -0.191.